The molecule has 1 aliphatic rings. The molecule has 0 saturated heterocycles. The van der Waals surface area contributed by atoms with Crippen molar-refractivity contribution >= 4 is 21.4 Å². The average molecular weight is 320 g/mol. The van der Waals surface area contributed by atoms with Gasteiger partial charge in [0.2, 0.25) is 21.8 Å². The minimum atomic E-state index is -4.68. The Morgan fingerprint density at radius 1 is 1.33 bits per heavy atom. The lowest BCUT2D eigenvalue weighted by Gasteiger charge is -2.06. The van der Waals surface area contributed by atoms with Gasteiger partial charge in [-0.1, -0.05) is 0 Å². The van der Waals surface area contributed by atoms with Crippen LogP contribution in [0.5, 0.6) is 0 Å². The Kier molecular flexibility index (Phi) is 3.90. The normalized spacial score (nSPS) is 21.1. The predicted octanol–water partition coefficient (Wildman–Crippen LogP) is 1.29. The molecule has 1 amide bonds. The Morgan fingerprint density at radius 3 is 2.33 bits per heavy atom. The van der Waals surface area contributed by atoms with Crippen LogP contribution < -0.4 is 5.32 Å². The molecule has 0 radical (unpaired) electrons. The number of amides is 1. The Hall–Kier alpha value is -2.10. The quantitative estimate of drug-likeness (QED) is 0.650. The summed E-state index contributed by atoms with van der Waals surface area (Å²) >= 11 is 0. The van der Waals surface area contributed by atoms with Crippen LogP contribution in [0, 0.1) is 16.0 Å². The van der Waals surface area contributed by atoms with Gasteiger partial charge in [0.05, 0.1) is 4.90 Å². The fourth-order valence-electron chi connectivity index (χ4n) is 1.76. The summed E-state index contributed by atoms with van der Waals surface area (Å²) < 4.78 is 47.0. The number of hydrogen-bond donors (Lipinski definition) is 1. The lowest BCUT2D eigenvalue weighted by molar-refractivity contribution is -0.497. The SMILES string of the molecule is O=C(Nc1ccc(S(=O)(=O)C(F)F)cc1)[C@@H]1C[C@H]1[N+](=O)[O-]. The van der Waals surface area contributed by atoms with Crippen LogP contribution in [-0.4, -0.2) is 31.0 Å². The maximum absolute atomic E-state index is 12.3. The maximum Gasteiger partial charge on any atom is 0.341 e. The van der Waals surface area contributed by atoms with E-state index >= 15 is 0 Å². The monoisotopic (exact) mass is 320 g/mol. The van der Waals surface area contributed by atoms with Crippen LogP contribution >= 0.6 is 0 Å². The standard InChI is InChI=1S/C11H10F2N2O5S/c12-11(13)21(19,20)7-3-1-6(2-4-7)14-10(16)8-5-9(8)15(17)18/h1-4,8-9,11H,5H2,(H,14,16)/t8-,9-/m1/s1. The Labute approximate surface area is 118 Å². The van der Waals surface area contributed by atoms with Gasteiger partial charge < -0.3 is 5.32 Å². The van der Waals surface area contributed by atoms with Crippen LogP contribution in [0.2, 0.25) is 0 Å². The molecule has 1 N–H and O–H groups in total. The third-order valence-corrected chi connectivity index (χ3v) is 4.45. The highest BCUT2D eigenvalue weighted by atomic mass is 32.2. The van der Waals surface area contributed by atoms with Crippen molar-refractivity contribution in [1.29, 1.82) is 0 Å². The predicted molar refractivity (Wildman–Crippen MR) is 67.2 cm³/mol. The van der Waals surface area contributed by atoms with Gasteiger partial charge in [-0.3, -0.25) is 14.9 Å². The summed E-state index contributed by atoms with van der Waals surface area (Å²) in [5.41, 5.74) is 0.183. The molecule has 0 bridgehead atoms. The smallest absolute Gasteiger partial charge is 0.326 e. The number of sulfone groups is 1. The van der Waals surface area contributed by atoms with E-state index in [0.29, 0.717) is 0 Å². The van der Waals surface area contributed by atoms with Crippen LogP contribution in [-0.2, 0) is 14.6 Å². The Balaban J connectivity index is 2.04. The summed E-state index contributed by atoms with van der Waals surface area (Å²) in [4.78, 5) is 21.0. The molecule has 1 aromatic rings. The van der Waals surface area contributed by atoms with Crippen molar-refractivity contribution in [2.24, 2.45) is 5.92 Å². The zero-order chi connectivity index (χ0) is 15.8. The van der Waals surface area contributed by atoms with E-state index in [-0.39, 0.29) is 12.1 Å². The van der Waals surface area contributed by atoms with E-state index in [0.717, 1.165) is 24.3 Å². The second-order valence-corrected chi connectivity index (χ2v) is 6.43. The molecular weight excluding hydrogens is 310 g/mol. The summed E-state index contributed by atoms with van der Waals surface area (Å²) in [5, 5.41) is 12.8. The molecule has 0 heterocycles. The van der Waals surface area contributed by atoms with Crippen molar-refractivity contribution in [3.05, 3.63) is 34.4 Å². The summed E-state index contributed by atoms with van der Waals surface area (Å²) in [7, 11) is -4.68. The molecule has 0 unspecified atom stereocenters. The van der Waals surface area contributed by atoms with E-state index in [1.165, 1.54) is 0 Å². The Morgan fingerprint density at radius 2 is 1.90 bits per heavy atom. The van der Waals surface area contributed by atoms with Crippen LogP contribution in [0.1, 0.15) is 6.42 Å². The largest absolute Gasteiger partial charge is 0.341 e. The van der Waals surface area contributed by atoms with Gasteiger partial charge >= 0.3 is 5.76 Å². The molecule has 114 valence electrons. The topological polar surface area (TPSA) is 106 Å². The van der Waals surface area contributed by atoms with Gasteiger partial charge in [-0.05, 0) is 24.3 Å². The molecule has 0 aliphatic heterocycles. The summed E-state index contributed by atoms with van der Waals surface area (Å²) in [6, 6.07) is 3.28. The van der Waals surface area contributed by atoms with E-state index < -0.39 is 43.3 Å². The van der Waals surface area contributed by atoms with Gasteiger partial charge in [-0.15, -0.1) is 0 Å². The summed E-state index contributed by atoms with van der Waals surface area (Å²) in [5.74, 6) is -4.80. The van der Waals surface area contributed by atoms with Crippen molar-refractivity contribution in [2.45, 2.75) is 23.1 Å². The zero-order valence-corrected chi connectivity index (χ0v) is 11.2. The fraction of sp³-hybridized carbons (Fsp3) is 0.364. The first-order valence-corrected chi connectivity index (χ1v) is 7.34. The first kappa shape index (κ1) is 15.3. The van der Waals surface area contributed by atoms with Gasteiger partial charge in [-0.25, -0.2) is 8.42 Å². The Bertz CT molecular complexity index is 674. The highest BCUT2D eigenvalue weighted by molar-refractivity contribution is 7.91. The summed E-state index contributed by atoms with van der Waals surface area (Å²) in [6.45, 7) is 0. The van der Waals surface area contributed by atoms with E-state index in [1.807, 2.05) is 0 Å². The van der Waals surface area contributed by atoms with Gasteiger partial charge in [0.15, 0.2) is 0 Å². The van der Waals surface area contributed by atoms with Gasteiger partial charge in [0.1, 0.15) is 5.92 Å². The van der Waals surface area contributed by atoms with Crippen molar-refractivity contribution in [2.75, 3.05) is 5.32 Å². The number of halogens is 2. The molecular formula is C11H10F2N2O5S. The number of alkyl halides is 2. The van der Waals surface area contributed by atoms with E-state index in [9.17, 15) is 32.1 Å². The summed E-state index contributed by atoms with van der Waals surface area (Å²) in [6.07, 6.45) is 0.149. The molecule has 1 saturated carbocycles. The number of carbonyl (C=O) groups excluding carboxylic acids is 1. The molecule has 7 nitrogen and oxygen atoms in total. The molecule has 21 heavy (non-hydrogen) atoms. The zero-order valence-electron chi connectivity index (χ0n) is 10.4. The lowest BCUT2D eigenvalue weighted by atomic mass is 10.3. The molecule has 1 fully saturated rings. The first-order chi connectivity index (χ1) is 9.73. The van der Waals surface area contributed by atoms with Crippen molar-refractivity contribution < 1.29 is 26.9 Å². The highest BCUT2D eigenvalue weighted by Gasteiger charge is 2.53. The van der Waals surface area contributed by atoms with Crippen molar-refractivity contribution in [1.82, 2.24) is 0 Å². The third-order valence-electron chi connectivity index (χ3n) is 3.05. The third kappa shape index (κ3) is 3.15. The number of hydrogen-bond acceptors (Lipinski definition) is 5. The molecule has 0 aromatic heterocycles. The minimum Gasteiger partial charge on any atom is -0.326 e. The van der Waals surface area contributed by atoms with Crippen LogP contribution in [0.15, 0.2) is 29.2 Å². The molecule has 0 spiro atoms. The van der Waals surface area contributed by atoms with Gasteiger partial charge in [0, 0.05) is 17.0 Å². The van der Waals surface area contributed by atoms with Crippen LogP contribution in [0.4, 0.5) is 14.5 Å². The molecule has 2 rings (SSSR count). The van der Waals surface area contributed by atoms with Crippen LogP contribution in [0.3, 0.4) is 0 Å². The van der Waals surface area contributed by atoms with Crippen molar-refractivity contribution in [3.8, 4) is 0 Å². The average Bonchev–Trinajstić information content (AvgIpc) is 3.19. The molecule has 10 heteroatoms. The van der Waals surface area contributed by atoms with E-state index in [2.05, 4.69) is 5.32 Å². The molecule has 1 aliphatic carbocycles. The number of nitrogens with zero attached hydrogens (tertiary/aromatic N) is 1. The molecule has 1 aromatic carbocycles. The number of nitrogens with one attached hydrogen (secondary N) is 1. The fourth-order valence-corrected chi connectivity index (χ4v) is 2.48. The number of rotatable bonds is 5. The highest BCUT2D eigenvalue weighted by Crippen LogP contribution is 2.34. The van der Waals surface area contributed by atoms with Crippen LogP contribution in [0.25, 0.3) is 0 Å². The minimum absolute atomic E-state index is 0.149. The van der Waals surface area contributed by atoms with E-state index in [4.69, 9.17) is 0 Å². The van der Waals surface area contributed by atoms with E-state index in [1.54, 1.807) is 0 Å². The van der Waals surface area contributed by atoms with Crippen molar-refractivity contribution in [3.63, 3.8) is 0 Å². The molecule has 2 atom stereocenters. The van der Waals surface area contributed by atoms with Gasteiger partial charge in [0.25, 0.3) is 0 Å². The maximum atomic E-state index is 12.3. The number of anilines is 1. The second kappa shape index (κ2) is 5.35. The van der Waals surface area contributed by atoms with Gasteiger partial charge in [-0.2, -0.15) is 8.78 Å². The lowest BCUT2D eigenvalue weighted by Crippen LogP contribution is -2.18. The second-order valence-electron chi connectivity index (χ2n) is 4.51. The number of carbonyl (C=O) groups is 1. The first-order valence-electron chi connectivity index (χ1n) is 5.80. The number of nitro groups is 1. The number of benzene rings is 1.